The van der Waals surface area contributed by atoms with Crippen molar-refractivity contribution >= 4 is 12.1 Å². The summed E-state index contributed by atoms with van der Waals surface area (Å²) in [5, 5.41) is 14.5. The molecule has 2 aromatic carbocycles. The number of alkyl halides is 6. The van der Waals surface area contributed by atoms with E-state index in [0.717, 1.165) is 5.56 Å². The molecule has 208 valence electrons. The first-order chi connectivity index (χ1) is 17.8. The fraction of sp³-hybridized carbons (Fsp3) is 0.440. The molecule has 0 spiro atoms. The Bertz CT molecular complexity index is 1050. The molecule has 1 aliphatic rings. The van der Waals surface area contributed by atoms with Gasteiger partial charge in [0.2, 0.25) is 0 Å². The minimum atomic E-state index is -4.95. The third-order valence-electron chi connectivity index (χ3n) is 6.12. The molecule has 1 saturated heterocycles. The number of ether oxygens (including phenoxy) is 1. The van der Waals surface area contributed by atoms with Gasteiger partial charge in [0.1, 0.15) is 0 Å². The highest BCUT2D eigenvalue weighted by Gasteiger charge is 2.37. The molecule has 7 nitrogen and oxygen atoms in total. The zero-order valence-corrected chi connectivity index (χ0v) is 20.1. The fourth-order valence-electron chi connectivity index (χ4n) is 4.09. The molecule has 0 bridgehead atoms. The number of urea groups is 1. The number of hydrogen-bond acceptors (Lipinski definition) is 3. The Balaban J connectivity index is 1.60. The number of carboxylic acid groups (broad SMARTS) is 1. The van der Waals surface area contributed by atoms with Crippen LogP contribution in [0.4, 0.5) is 35.9 Å². The first-order valence-electron chi connectivity index (χ1n) is 11.8. The molecule has 2 aromatic rings. The molecule has 0 saturated carbocycles. The average molecular weight is 547 g/mol. The molecule has 3 amide bonds. The third kappa shape index (κ3) is 8.54. The zero-order valence-electron chi connectivity index (χ0n) is 20.1. The van der Waals surface area contributed by atoms with E-state index >= 15 is 0 Å². The number of nitrogens with one attached hydrogen (secondary N) is 2. The van der Waals surface area contributed by atoms with Crippen molar-refractivity contribution in [3.63, 3.8) is 0 Å². The monoisotopic (exact) mass is 547 g/mol. The van der Waals surface area contributed by atoms with Crippen LogP contribution in [-0.2, 0) is 23.7 Å². The van der Waals surface area contributed by atoms with E-state index < -0.39 is 48.1 Å². The highest BCUT2D eigenvalue weighted by molar-refractivity contribution is 5.74. The Morgan fingerprint density at radius 2 is 1.55 bits per heavy atom. The minimum Gasteiger partial charge on any atom is -0.465 e. The lowest BCUT2D eigenvalue weighted by Crippen LogP contribution is -2.49. The molecule has 3 N–H and O–H groups in total. The van der Waals surface area contributed by atoms with Crippen molar-refractivity contribution in [2.75, 3.05) is 26.2 Å². The number of halogens is 6. The van der Waals surface area contributed by atoms with Crippen molar-refractivity contribution in [3.05, 3.63) is 70.8 Å². The second kappa shape index (κ2) is 12.4. The Hall–Kier alpha value is -3.48. The van der Waals surface area contributed by atoms with Gasteiger partial charge in [-0.2, -0.15) is 26.3 Å². The number of amides is 3. The van der Waals surface area contributed by atoms with Crippen molar-refractivity contribution in [2.45, 2.75) is 43.8 Å². The third-order valence-corrected chi connectivity index (χ3v) is 6.12. The van der Waals surface area contributed by atoms with Crippen LogP contribution in [0.2, 0.25) is 0 Å². The Kier molecular flexibility index (Phi) is 9.47. The van der Waals surface area contributed by atoms with Gasteiger partial charge in [-0.15, -0.1) is 0 Å². The first-order valence-corrected chi connectivity index (χ1v) is 11.8. The molecule has 0 aromatic heterocycles. The van der Waals surface area contributed by atoms with Gasteiger partial charge in [0.05, 0.1) is 24.3 Å². The fourth-order valence-corrected chi connectivity index (χ4v) is 4.09. The summed E-state index contributed by atoms with van der Waals surface area (Å²) in [6.45, 7) is 0.0997. The summed E-state index contributed by atoms with van der Waals surface area (Å²) in [4.78, 5) is 24.7. The van der Waals surface area contributed by atoms with Crippen LogP contribution in [-0.4, -0.2) is 54.4 Å². The summed E-state index contributed by atoms with van der Waals surface area (Å²) < 4.78 is 84.3. The van der Waals surface area contributed by atoms with E-state index in [2.05, 4.69) is 10.6 Å². The number of likely N-dealkylation sites (tertiary alicyclic amines) is 1. The Morgan fingerprint density at radius 3 is 2.08 bits per heavy atom. The van der Waals surface area contributed by atoms with E-state index in [4.69, 9.17) is 9.84 Å². The van der Waals surface area contributed by atoms with E-state index in [1.165, 1.54) is 4.90 Å². The second-order valence-corrected chi connectivity index (χ2v) is 8.94. The number of piperidine rings is 1. The lowest BCUT2D eigenvalue weighted by atomic mass is 10.00. The maximum Gasteiger partial charge on any atom is 0.416 e. The van der Waals surface area contributed by atoms with E-state index in [9.17, 15) is 35.9 Å². The van der Waals surface area contributed by atoms with Crippen LogP contribution in [0.3, 0.4) is 0 Å². The van der Waals surface area contributed by atoms with Gasteiger partial charge in [-0.05, 0) is 42.2 Å². The van der Waals surface area contributed by atoms with Gasteiger partial charge in [0.15, 0.2) is 0 Å². The SMILES string of the molecule is O=C(NCC(COCc1cc(C(F)(F)F)cc(C(F)(F)F)c1)c1ccccc1)NC1CCN(C(=O)O)CC1. The van der Waals surface area contributed by atoms with Crippen molar-refractivity contribution in [1.82, 2.24) is 15.5 Å². The van der Waals surface area contributed by atoms with Crippen molar-refractivity contribution in [1.29, 1.82) is 0 Å². The first kappa shape index (κ1) is 29.1. The summed E-state index contributed by atoms with van der Waals surface area (Å²) in [5.74, 6) is -0.441. The molecule has 1 fully saturated rings. The van der Waals surface area contributed by atoms with Gasteiger partial charge in [-0.25, -0.2) is 9.59 Å². The van der Waals surface area contributed by atoms with Crippen LogP contribution < -0.4 is 10.6 Å². The van der Waals surface area contributed by atoms with Gasteiger partial charge in [-0.3, -0.25) is 0 Å². The number of carbonyl (C=O) groups is 2. The minimum absolute atomic E-state index is 0.0598. The normalized spacial score (nSPS) is 15.7. The van der Waals surface area contributed by atoms with Crippen LogP contribution in [0.15, 0.2) is 48.5 Å². The van der Waals surface area contributed by atoms with Crippen molar-refractivity contribution < 1.29 is 45.8 Å². The molecule has 3 rings (SSSR count). The predicted octanol–water partition coefficient (Wildman–Crippen LogP) is 5.47. The summed E-state index contributed by atoms with van der Waals surface area (Å²) in [6.07, 6.45) is -10.0. The van der Waals surface area contributed by atoms with Crippen molar-refractivity contribution in [3.8, 4) is 0 Å². The van der Waals surface area contributed by atoms with Gasteiger partial charge in [0.25, 0.3) is 0 Å². The van der Waals surface area contributed by atoms with Crippen LogP contribution in [0.25, 0.3) is 0 Å². The smallest absolute Gasteiger partial charge is 0.416 e. The molecule has 1 atom stereocenters. The predicted molar refractivity (Wildman–Crippen MR) is 124 cm³/mol. The standard InChI is InChI=1S/C25H27F6N3O4/c26-24(27,28)19-10-16(11-20(12-19)25(29,30)31)14-38-15-18(17-4-2-1-3-5-17)13-32-22(35)33-21-6-8-34(9-7-21)23(36)37/h1-5,10-12,18,21H,6-9,13-15H2,(H,36,37)(H2,32,33,35). The molecule has 13 heteroatoms. The molecular weight excluding hydrogens is 520 g/mol. The maximum absolute atomic E-state index is 13.1. The highest BCUT2D eigenvalue weighted by Crippen LogP contribution is 2.36. The van der Waals surface area contributed by atoms with Gasteiger partial charge < -0.3 is 25.4 Å². The van der Waals surface area contributed by atoms with Crippen LogP contribution in [0, 0.1) is 0 Å². The van der Waals surface area contributed by atoms with Crippen LogP contribution in [0.1, 0.15) is 41.0 Å². The number of carbonyl (C=O) groups excluding carboxylic acids is 1. The lowest BCUT2D eigenvalue weighted by Gasteiger charge is -2.30. The topological polar surface area (TPSA) is 90.9 Å². The highest BCUT2D eigenvalue weighted by atomic mass is 19.4. The van der Waals surface area contributed by atoms with E-state index in [1.54, 1.807) is 30.3 Å². The van der Waals surface area contributed by atoms with E-state index in [0.29, 0.717) is 38.1 Å². The summed E-state index contributed by atoms with van der Waals surface area (Å²) in [5.41, 5.74) is -2.36. The number of benzene rings is 2. The molecule has 38 heavy (non-hydrogen) atoms. The summed E-state index contributed by atoms with van der Waals surface area (Å²) in [6, 6.07) is 9.41. The van der Waals surface area contributed by atoms with E-state index in [1.807, 2.05) is 0 Å². The van der Waals surface area contributed by atoms with Crippen molar-refractivity contribution in [2.24, 2.45) is 0 Å². The second-order valence-electron chi connectivity index (χ2n) is 8.94. The van der Waals surface area contributed by atoms with Gasteiger partial charge in [0, 0.05) is 31.6 Å². The average Bonchev–Trinajstić information content (AvgIpc) is 2.85. The van der Waals surface area contributed by atoms with Gasteiger partial charge >= 0.3 is 24.5 Å². The molecular formula is C25H27F6N3O4. The largest absolute Gasteiger partial charge is 0.465 e. The summed E-state index contributed by atoms with van der Waals surface area (Å²) in [7, 11) is 0. The maximum atomic E-state index is 13.1. The number of nitrogens with zero attached hydrogens (tertiary/aromatic N) is 1. The Morgan fingerprint density at radius 1 is 0.974 bits per heavy atom. The molecule has 1 unspecified atom stereocenters. The molecule has 0 aliphatic carbocycles. The summed E-state index contributed by atoms with van der Waals surface area (Å²) >= 11 is 0. The quantitative estimate of drug-likeness (QED) is 0.383. The van der Waals surface area contributed by atoms with E-state index in [-0.39, 0.29) is 30.8 Å². The van der Waals surface area contributed by atoms with Crippen LogP contribution in [0.5, 0.6) is 0 Å². The lowest BCUT2D eigenvalue weighted by molar-refractivity contribution is -0.143. The number of hydrogen-bond donors (Lipinski definition) is 3. The molecule has 0 radical (unpaired) electrons. The van der Waals surface area contributed by atoms with Crippen LogP contribution >= 0.6 is 0 Å². The zero-order chi connectivity index (χ0) is 27.9. The molecule has 1 heterocycles. The molecule has 1 aliphatic heterocycles. The Labute approximate surface area is 214 Å². The van der Waals surface area contributed by atoms with Gasteiger partial charge in [-0.1, -0.05) is 30.3 Å². The number of rotatable bonds is 8.